The first-order valence-corrected chi connectivity index (χ1v) is 12.6. The second-order valence-corrected chi connectivity index (χ2v) is 11.0. The van der Waals surface area contributed by atoms with Gasteiger partial charge in [-0.2, -0.15) is 5.10 Å². The number of amides is 1. The molecule has 0 saturated heterocycles. The molecular weight excluding hydrogens is 468 g/mol. The van der Waals surface area contributed by atoms with Crippen molar-refractivity contribution in [2.75, 3.05) is 5.32 Å². The normalized spacial score (nSPS) is 24.3. The van der Waals surface area contributed by atoms with Crippen LogP contribution in [0, 0.1) is 11.8 Å². The van der Waals surface area contributed by atoms with Crippen molar-refractivity contribution in [3.63, 3.8) is 0 Å². The maximum absolute atomic E-state index is 13.0. The van der Waals surface area contributed by atoms with E-state index in [4.69, 9.17) is 9.84 Å². The highest BCUT2D eigenvalue weighted by Gasteiger charge is 2.55. The predicted octanol–water partition coefficient (Wildman–Crippen LogP) is 5.72. The van der Waals surface area contributed by atoms with Crippen LogP contribution in [0.25, 0.3) is 11.3 Å². The fourth-order valence-corrected chi connectivity index (χ4v) is 6.03. The van der Waals surface area contributed by atoms with Gasteiger partial charge in [-0.15, -0.1) is 0 Å². The average molecular weight is 501 g/mol. The van der Waals surface area contributed by atoms with E-state index in [0.29, 0.717) is 17.8 Å². The molecule has 0 spiro atoms. The number of rotatable bonds is 3. The lowest BCUT2D eigenvalue weighted by Crippen LogP contribution is -2.50. The molecule has 37 heavy (non-hydrogen) atoms. The summed E-state index contributed by atoms with van der Waals surface area (Å²) in [5, 5.41) is 20.7. The molecule has 1 fully saturated rings. The number of nitrogens with one attached hydrogen (secondary N) is 2. The third-order valence-electron chi connectivity index (χ3n) is 7.57. The fraction of sp³-hybridized carbons (Fsp3) is 0.379. The molecule has 2 aromatic heterocycles. The summed E-state index contributed by atoms with van der Waals surface area (Å²) in [5.74, 6) is 0.248. The molecule has 0 radical (unpaired) electrons. The lowest BCUT2D eigenvalue weighted by atomic mass is 9.52. The third-order valence-corrected chi connectivity index (χ3v) is 7.57. The molecule has 3 aromatic rings. The fourth-order valence-electron chi connectivity index (χ4n) is 6.03. The Bertz CT molecular complexity index is 1350. The van der Waals surface area contributed by atoms with Crippen LogP contribution in [0.15, 0.2) is 60.5 Å². The summed E-state index contributed by atoms with van der Waals surface area (Å²) >= 11 is 0. The number of Topliss-reactive ketones (excluding diaryl/α,β-unsaturated/α-hetero) is 1. The number of pyridine rings is 1. The zero-order chi connectivity index (χ0) is 26.4. The number of aliphatic hydroxyl groups excluding tert-OH is 1. The molecule has 3 N–H and O–H groups in total. The Morgan fingerprint density at radius 1 is 1.22 bits per heavy atom. The number of benzene rings is 1. The SMILES string of the molecule is C[C@@H]1C(=O)/C(=C\O)C[C@]2(c3ccccc3)c3[nH]nc(-c4ccc(NC(=O)OC(C)(C)C)nc4)c3CC[C@@H]12. The molecule has 1 aromatic carbocycles. The number of fused-ring (bicyclic) bond motifs is 3. The van der Waals surface area contributed by atoms with Gasteiger partial charge in [0, 0.05) is 34.2 Å². The van der Waals surface area contributed by atoms with Crippen LogP contribution in [0.1, 0.15) is 57.4 Å². The van der Waals surface area contributed by atoms with Crippen LogP contribution < -0.4 is 5.32 Å². The van der Waals surface area contributed by atoms with Gasteiger partial charge in [-0.3, -0.25) is 15.2 Å². The van der Waals surface area contributed by atoms with Gasteiger partial charge in [-0.25, -0.2) is 9.78 Å². The molecule has 8 heteroatoms. The number of hydrogen-bond acceptors (Lipinski definition) is 6. The van der Waals surface area contributed by atoms with E-state index in [0.717, 1.165) is 47.2 Å². The van der Waals surface area contributed by atoms with Gasteiger partial charge in [-0.1, -0.05) is 37.3 Å². The van der Waals surface area contributed by atoms with Gasteiger partial charge in [-0.05, 0) is 63.6 Å². The molecule has 2 aliphatic rings. The topological polar surface area (TPSA) is 117 Å². The number of aromatic nitrogens is 3. The highest BCUT2D eigenvalue weighted by atomic mass is 16.6. The van der Waals surface area contributed by atoms with Crippen LogP contribution in [0.2, 0.25) is 0 Å². The Balaban J connectivity index is 1.53. The number of nitrogens with zero attached hydrogens (tertiary/aromatic N) is 2. The van der Waals surface area contributed by atoms with Crippen molar-refractivity contribution in [3.8, 4) is 11.3 Å². The van der Waals surface area contributed by atoms with Gasteiger partial charge in [0.25, 0.3) is 0 Å². The minimum absolute atomic E-state index is 0.0134. The Labute approximate surface area is 216 Å². The van der Waals surface area contributed by atoms with E-state index in [2.05, 4.69) is 27.5 Å². The van der Waals surface area contributed by atoms with E-state index in [1.807, 2.05) is 31.2 Å². The molecule has 192 valence electrons. The second-order valence-electron chi connectivity index (χ2n) is 11.0. The van der Waals surface area contributed by atoms with Crippen molar-refractivity contribution in [2.45, 2.75) is 58.0 Å². The van der Waals surface area contributed by atoms with Crippen LogP contribution in [0.5, 0.6) is 0 Å². The number of H-pyrrole nitrogens is 1. The van der Waals surface area contributed by atoms with E-state index < -0.39 is 17.1 Å². The zero-order valence-corrected chi connectivity index (χ0v) is 21.5. The van der Waals surface area contributed by atoms with E-state index in [1.54, 1.807) is 33.0 Å². The molecule has 2 heterocycles. The summed E-state index contributed by atoms with van der Waals surface area (Å²) in [6.45, 7) is 7.38. The lowest BCUT2D eigenvalue weighted by Gasteiger charge is -2.50. The molecule has 1 amide bonds. The molecule has 0 aliphatic heterocycles. The molecule has 2 aliphatic carbocycles. The Hall–Kier alpha value is -3.94. The predicted molar refractivity (Wildman–Crippen MR) is 140 cm³/mol. The van der Waals surface area contributed by atoms with Crippen molar-refractivity contribution in [1.82, 2.24) is 15.2 Å². The highest BCUT2D eigenvalue weighted by Crippen LogP contribution is 2.56. The van der Waals surface area contributed by atoms with Crippen molar-refractivity contribution in [2.24, 2.45) is 11.8 Å². The molecule has 8 nitrogen and oxygen atoms in total. The van der Waals surface area contributed by atoms with Crippen LogP contribution in [-0.4, -0.2) is 37.8 Å². The Kier molecular flexibility index (Phi) is 6.14. The van der Waals surface area contributed by atoms with E-state index in [-0.39, 0.29) is 17.6 Å². The number of allylic oxidation sites excluding steroid dienone is 1. The molecule has 5 rings (SSSR count). The van der Waals surface area contributed by atoms with Gasteiger partial charge >= 0.3 is 6.09 Å². The first kappa shape index (κ1) is 24.7. The van der Waals surface area contributed by atoms with Crippen LogP contribution >= 0.6 is 0 Å². The number of carbonyl (C=O) groups excluding carboxylic acids is 2. The van der Waals surface area contributed by atoms with Crippen molar-refractivity contribution in [1.29, 1.82) is 0 Å². The van der Waals surface area contributed by atoms with Gasteiger partial charge in [0.05, 0.1) is 17.6 Å². The quantitative estimate of drug-likeness (QED) is 0.313. The van der Waals surface area contributed by atoms with Gasteiger partial charge in [0.15, 0.2) is 5.78 Å². The van der Waals surface area contributed by atoms with Gasteiger partial charge in [0.1, 0.15) is 11.4 Å². The van der Waals surface area contributed by atoms with Crippen molar-refractivity contribution < 1.29 is 19.4 Å². The molecule has 0 bridgehead atoms. The number of hydrogen-bond donors (Lipinski definition) is 3. The molecular formula is C29H32N4O4. The second kappa shape index (κ2) is 9.18. The summed E-state index contributed by atoms with van der Waals surface area (Å²) in [6, 6.07) is 13.8. The summed E-state index contributed by atoms with van der Waals surface area (Å²) in [4.78, 5) is 29.5. The first-order valence-electron chi connectivity index (χ1n) is 12.6. The minimum Gasteiger partial charge on any atom is -0.515 e. The van der Waals surface area contributed by atoms with Crippen molar-refractivity contribution >= 4 is 17.7 Å². The smallest absolute Gasteiger partial charge is 0.413 e. The lowest BCUT2D eigenvalue weighted by molar-refractivity contribution is -0.123. The number of aromatic amines is 1. The van der Waals surface area contributed by atoms with Crippen molar-refractivity contribution in [3.05, 3.63) is 77.3 Å². The summed E-state index contributed by atoms with van der Waals surface area (Å²) < 4.78 is 5.30. The highest BCUT2D eigenvalue weighted by molar-refractivity contribution is 5.98. The number of ether oxygens (including phenoxy) is 1. The number of ketones is 1. The zero-order valence-electron chi connectivity index (χ0n) is 21.5. The number of aliphatic hydroxyl groups is 1. The Morgan fingerprint density at radius 2 is 1.97 bits per heavy atom. The summed E-state index contributed by atoms with van der Waals surface area (Å²) in [5.41, 5.74) is 4.14. The molecule has 1 saturated carbocycles. The third kappa shape index (κ3) is 4.30. The maximum atomic E-state index is 13.0. The average Bonchev–Trinajstić information content (AvgIpc) is 3.31. The van der Waals surface area contributed by atoms with Crippen LogP contribution in [0.4, 0.5) is 10.6 Å². The van der Waals surface area contributed by atoms with E-state index in [1.165, 1.54) is 0 Å². The van der Waals surface area contributed by atoms with Crippen LogP contribution in [-0.2, 0) is 21.4 Å². The minimum atomic E-state index is -0.600. The largest absolute Gasteiger partial charge is 0.515 e. The molecule has 0 unspecified atom stereocenters. The maximum Gasteiger partial charge on any atom is 0.413 e. The monoisotopic (exact) mass is 500 g/mol. The summed E-state index contributed by atoms with van der Waals surface area (Å²) in [6.07, 6.45) is 4.11. The molecule has 3 atom stereocenters. The number of carbonyl (C=O) groups is 2. The standard InChI is InChI=1S/C29H32N4O4/c1-17-22-12-11-21-24(18-10-13-23(30-15-18)31-27(36)37-28(2,3)4)32-33-26(21)29(22,14-19(16-34)25(17)35)20-8-6-5-7-9-20/h5-10,13,15-17,22,34H,11-12,14H2,1-4H3,(H,32,33)(H,30,31,36)/b19-16-/t17-,22-,29+/m0/s1. The number of anilines is 1. The first-order chi connectivity index (χ1) is 17.6. The van der Waals surface area contributed by atoms with E-state index in [9.17, 15) is 14.7 Å². The van der Waals surface area contributed by atoms with E-state index >= 15 is 0 Å². The van der Waals surface area contributed by atoms with Crippen LogP contribution in [0.3, 0.4) is 0 Å². The van der Waals surface area contributed by atoms with Gasteiger partial charge < -0.3 is 9.84 Å². The summed E-state index contributed by atoms with van der Waals surface area (Å²) in [7, 11) is 0. The Morgan fingerprint density at radius 3 is 2.62 bits per heavy atom. The van der Waals surface area contributed by atoms with Gasteiger partial charge in [0.2, 0.25) is 0 Å².